The highest BCUT2D eigenvalue weighted by molar-refractivity contribution is 6.73. The Morgan fingerprint density at radius 2 is 1.06 bits per heavy atom. The molecule has 0 atom stereocenters. The molecule has 0 aliphatic rings. The number of anilines is 2. The van der Waals surface area contributed by atoms with Gasteiger partial charge in [0.05, 0.1) is 17.6 Å². The average molecular weight is 543 g/mol. The van der Waals surface area contributed by atoms with Crippen molar-refractivity contribution in [1.29, 1.82) is 0 Å². The van der Waals surface area contributed by atoms with Crippen molar-refractivity contribution in [2.24, 2.45) is 0 Å². The van der Waals surface area contributed by atoms with Crippen LogP contribution < -0.4 is 20.2 Å². The third-order valence-electron chi connectivity index (χ3n) is 6.23. The first-order valence-electron chi connectivity index (χ1n) is 11.9. The van der Waals surface area contributed by atoms with Gasteiger partial charge in [-0.2, -0.15) is 0 Å². The smallest absolute Gasteiger partial charge is 0.236 e. The van der Waals surface area contributed by atoms with Gasteiger partial charge in [0.1, 0.15) is 6.42 Å². The first kappa shape index (κ1) is 29.4. The van der Waals surface area contributed by atoms with Crippen LogP contribution in [0.4, 0.5) is 11.4 Å². The summed E-state index contributed by atoms with van der Waals surface area (Å²) in [5, 5.41) is 2.45. The second-order valence-corrected chi connectivity index (χ2v) is 18.4. The molecule has 2 aromatic rings. The molecule has 0 aliphatic heterocycles. The van der Waals surface area contributed by atoms with Crippen molar-refractivity contribution in [1.82, 2.24) is 0 Å². The molecule has 0 spiro atoms. The summed E-state index contributed by atoms with van der Waals surface area (Å²) >= 11 is 0. The van der Waals surface area contributed by atoms with Crippen LogP contribution in [0.1, 0.15) is 6.42 Å². The number of amides is 2. The lowest BCUT2D eigenvalue weighted by molar-refractivity contribution is -0.126. The van der Waals surface area contributed by atoms with E-state index in [1.165, 1.54) is 10.4 Å². The van der Waals surface area contributed by atoms with Gasteiger partial charge >= 0.3 is 0 Å². The van der Waals surface area contributed by atoms with E-state index in [4.69, 9.17) is 0 Å². The molecule has 0 heterocycles. The molecule has 0 unspecified atom stereocenters. The highest BCUT2D eigenvalue weighted by Crippen LogP contribution is 2.16. The Morgan fingerprint density at radius 1 is 0.686 bits per heavy atom. The topological polar surface area (TPSA) is 81.1 Å². The fourth-order valence-electron chi connectivity index (χ4n) is 3.64. The monoisotopic (exact) mass is 542 g/mol. The lowest BCUT2D eigenvalue weighted by atomic mass is 10.2. The largest absolute Gasteiger partial charge is 0.432 e. The van der Waals surface area contributed by atoms with Gasteiger partial charge in [-0.1, -0.05) is 59.8 Å². The van der Waals surface area contributed by atoms with E-state index >= 15 is 0 Å². The van der Waals surface area contributed by atoms with Crippen LogP contribution in [0.15, 0.2) is 48.5 Å². The summed E-state index contributed by atoms with van der Waals surface area (Å²) in [7, 11) is -0.596. The van der Waals surface area contributed by atoms with Crippen LogP contribution in [-0.4, -0.2) is 71.2 Å². The Kier molecular flexibility index (Phi) is 11.8. The molecular formula is C25H38N2O4Si4. The zero-order chi connectivity index (χ0) is 26.1. The maximum absolute atomic E-state index is 13.0. The third kappa shape index (κ3) is 9.28. The van der Waals surface area contributed by atoms with Gasteiger partial charge < -0.3 is 19.4 Å². The Labute approximate surface area is 217 Å². The number of hydrogen-bond acceptors (Lipinski definition) is 4. The van der Waals surface area contributed by atoms with E-state index < -0.39 is 35.7 Å². The molecule has 2 rings (SSSR count). The fraction of sp³-hybridized carbons (Fsp3) is 0.440. The highest BCUT2D eigenvalue weighted by Gasteiger charge is 2.21. The number of hydrogen-bond donors (Lipinski definition) is 2. The van der Waals surface area contributed by atoms with Crippen molar-refractivity contribution in [2.75, 3.05) is 23.9 Å². The molecule has 0 bridgehead atoms. The van der Waals surface area contributed by atoms with Crippen molar-refractivity contribution in [3.63, 3.8) is 0 Å². The molecular weight excluding hydrogens is 505 g/mol. The van der Waals surface area contributed by atoms with E-state index in [0.717, 1.165) is 35.6 Å². The predicted molar refractivity (Wildman–Crippen MR) is 154 cm³/mol. The molecule has 4 radical (unpaired) electrons. The molecule has 2 amide bonds. The third-order valence-corrected chi connectivity index (χ3v) is 13.8. The molecule has 35 heavy (non-hydrogen) atoms. The van der Waals surface area contributed by atoms with E-state index in [1.54, 1.807) is 23.9 Å². The lowest BCUT2D eigenvalue weighted by Gasteiger charge is -2.22. The number of benzene rings is 2. The number of nitrogens with zero attached hydrogens (tertiary/aromatic N) is 2. The average Bonchev–Trinajstić information content (AvgIpc) is 2.84. The number of carbonyl (C=O) groups is 2. The Balaban J connectivity index is 2.03. The van der Waals surface area contributed by atoms with Crippen molar-refractivity contribution in [2.45, 2.75) is 56.8 Å². The molecule has 2 N–H and O–H groups in total. The van der Waals surface area contributed by atoms with E-state index in [9.17, 15) is 19.2 Å². The molecule has 0 fully saturated rings. The predicted octanol–water partition coefficient (Wildman–Crippen LogP) is 2.59. The van der Waals surface area contributed by atoms with Crippen LogP contribution in [-0.2, 0) is 9.59 Å². The van der Waals surface area contributed by atoms with Crippen LogP contribution in [0, 0.1) is 0 Å². The minimum Gasteiger partial charge on any atom is -0.432 e. The minimum absolute atomic E-state index is 0.201. The van der Waals surface area contributed by atoms with Crippen molar-refractivity contribution in [3.05, 3.63) is 48.5 Å². The second-order valence-electron chi connectivity index (χ2n) is 9.21. The Bertz CT molecular complexity index is 912. The molecule has 0 aromatic heterocycles. The summed E-state index contributed by atoms with van der Waals surface area (Å²) in [6, 6.07) is 19.8. The number of carbonyl (C=O) groups excluding carboxylic acids is 2. The van der Waals surface area contributed by atoms with Crippen molar-refractivity contribution >= 4 is 69.2 Å². The Hall–Kier alpha value is -1.83. The summed E-state index contributed by atoms with van der Waals surface area (Å²) < 4.78 is 0. The summed E-state index contributed by atoms with van der Waals surface area (Å²) in [5.74, 6) is -0.481. The van der Waals surface area contributed by atoms with Gasteiger partial charge in [0.25, 0.3) is 0 Å². The van der Waals surface area contributed by atoms with Crippen molar-refractivity contribution < 1.29 is 19.2 Å². The summed E-state index contributed by atoms with van der Waals surface area (Å²) in [4.78, 5) is 48.4. The van der Waals surface area contributed by atoms with Crippen LogP contribution in [0.2, 0.25) is 50.4 Å². The van der Waals surface area contributed by atoms with Gasteiger partial charge in [0.15, 0.2) is 0 Å². The Morgan fingerprint density at radius 3 is 1.40 bits per heavy atom. The van der Waals surface area contributed by atoms with Crippen LogP contribution >= 0.6 is 0 Å². The number of rotatable bonds is 12. The van der Waals surface area contributed by atoms with Crippen molar-refractivity contribution in [3.8, 4) is 0 Å². The van der Waals surface area contributed by atoms with E-state index in [0.29, 0.717) is 0 Å². The molecule has 10 heteroatoms. The maximum atomic E-state index is 13.0. The summed E-state index contributed by atoms with van der Waals surface area (Å²) in [5.41, 5.74) is 1.58. The van der Waals surface area contributed by atoms with Gasteiger partial charge in [-0.25, -0.2) is 0 Å². The highest BCUT2D eigenvalue weighted by atomic mass is 28.3. The van der Waals surface area contributed by atoms with Crippen LogP contribution in [0.3, 0.4) is 0 Å². The lowest BCUT2D eigenvalue weighted by Crippen LogP contribution is -2.36. The molecule has 2 aromatic carbocycles. The molecule has 0 aliphatic carbocycles. The van der Waals surface area contributed by atoms with Crippen LogP contribution in [0.25, 0.3) is 0 Å². The molecule has 6 nitrogen and oxygen atoms in total. The normalized spacial score (nSPS) is 11.5. The van der Waals surface area contributed by atoms with Gasteiger partial charge in [-0.05, 0) is 49.4 Å². The molecule has 0 saturated carbocycles. The summed E-state index contributed by atoms with van der Waals surface area (Å²) in [6.45, 7) is 8.29. The van der Waals surface area contributed by atoms with Gasteiger partial charge in [-0.15, -0.1) is 0 Å². The molecule has 188 valence electrons. The SMILES string of the molecule is CN(C(=O)CC(=O)N(C)c1cccc([Si](C)CC[Si](C)O)c1)c1cccc([Si](C)CC[Si](C)O)c1. The van der Waals surface area contributed by atoms with Gasteiger partial charge in [0, 0.05) is 25.5 Å². The fourth-order valence-corrected chi connectivity index (χ4v) is 11.7. The maximum Gasteiger partial charge on any atom is 0.236 e. The van der Waals surface area contributed by atoms with Gasteiger partial charge in [0.2, 0.25) is 29.9 Å². The first-order chi connectivity index (χ1) is 16.5. The zero-order valence-corrected chi connectivity index (χ0v) is 25.8. The molecule has 0 saturated heterocycles. The summed E-state index contributed by atoms with van der Waals surface area (Å²) in [6.07, 6.45) is -0.201. The zero-order valence-electron chi connectivity index (χ0n) is 21.8. The van der Waals surface area contributed by atoms with Gasteiger partial charge in [-0.3, -0.25) is 9.59 Å². The quantitative estimate of drug-likeness (QED) is 0.319. The van der Waals surface area contributed by atoms with Crippen LogP contribution in [0.5, 0.6) is 0 Å². The minimum atomic E-state index is -1.22. The second kappa shape index (κ2) is 14.0. The van der Waals surface area contributed by atoms with E-state index in [2.05, 4.69) is 25.2 Å². The van der Waals surface area contributed by atoms with E-state index in [1.807, 2.05) is 49.5 Å². The standard InChI is InChI=1S/C25H38N2O4Si4/c1-26(20-9-7-11-22(17-20)32(3)13-15-34(5)30)24(28)19-25(29)27(2)21-10-8-12-23(18-21)33(4)14-16-35(6)31/h7-12,17-18,30-31H,13-16,19H2,1-6H3. The first-order valence-corrected chi connectivity index (χ1v) is 20.6. The van der Waals surface area contributed by atoms with E-state index in [-0.39, 0.29) is 18.2 Å².